The Morgan fingerprint density at radius 1 is 1.20 bits per heavy atom. The SMILES string of the molecule is CC(=O)c1cccc(OCC(=O)N2CCCC2c2ccc(F)cc2)c1. The summed E-state index contributed by atoms with van der Waals surface area (Å²) in [4.78, 5) is 25.7. The van der Waals surface area contributed by atoms with E-state index in [0.29, 0.717) is 17.9 Å². The Balaban J connectivity index is 1.65. The summed E-state index contributed by atoms with van der Waals surface area (Å²) in [5.74, 6) is 0.0552. The van der Waals surface area contributed by atoms with Crippen LogP contribution >= 0.6 is 0 Å². The van der Waals surface area contributed by atoms with Gasteiger partial charge in [-0.1, -0.05) is 24.3 Å². The normalized spacial score (nSPS) is 16.7. The van der Waals surface area contributed by atoms with Gasteiger partial charge < -0.3 is 9.64 Å². The van der Waals surface area contributed by atoms with Gasteiger partial charge in [0.1, 0.15) is 11.6 Å². The molecule has 25 heavy (non-hydrogen) atoms. The summed E-state index contributed by atoms with van der Waals surface area (Å²) in [5, 5.41) is 0. The lowest BCUT2D eigenvalue weighted by Gasteiger charge is -2.25. The van der Waals surface area contributed by atoms with E-state index in [9.17, 15) is 14.0 Å². The van der Waals surface area contributed by atoms with E-state index in [2.05, 4.69) is 0 Å². The molecule has 130 valence electrons. The van der Waals surface area contributed by atoms with Crippen LogP contribution in [-0.4, -0.2) is 29.7 Å². The lowest BCUT2D eigenvalue weighted by atomic mass is 10.0. The lowest BCUT2D eigenvalue weighted by Crippen LogP contribution is -2.34. The number of ether oxygens (including phenoxy) is 1. The van der Waals surface area contributed by atoms with Gasteiger partial charge in [-0.3, -0.25) is 9.59 Å². The van der Waals surface area contributed by atoms with Crippen molar-refractivity contribution in [2.75, 3.05) is 13.2 Å². The zero-order chi connectivity index (χ0) is 17.8. The number of carbonyl (C=O) groups excluding carboxylic acids is 2. The molecule has 0 bridgehead atoms. The van der Waals surface area contributed by atoms with Gasteiger partial charge in [0.15, 0.2) is 12.4 Å². The smallest absolute Gasteiger partial charge is 0.261 e. The van der Waals surface area contributed by atoms with Gasteiger partial charge in [0, 0.05) is 12.1 Å². The van der Waals surface area contributed by atoms with E-state index in [4.69, 9.17) is 4.74 Å². The number of hydrogen-bond donors (Lipinski definition) is 0. The van der Waals surface area contributed by atoms with Crippen molar-refractivity contribution in [3.63, 3.8) is 0 Å². The molecule has 1 saturated heterocycles. The Kier molecular flexibility index (Phi) is 5.12. The number of rotatable bonds is 5. The first kappa shape index (κ1) is 17.1. The fourth-order valence-corrected chi connectivity index (χ4v) is 3.13. The molecule has 1 amide bonds. The maximum atomic E-state index is 13.1. The van der Waals surface area contributed by atoms with E-state index in [0.717, 1.165) is 18.4 Å². The maximum Gasteiger partial charge on any atom is 0.261 e. The number of amides is 1. The third-order valence-corrected chi connectivity index (χ3v) is 4.43. The Morgan fingerprint density at radius 2 is 1.96 bits per heavy atom. The molecular weight excluding hydrogens is 321 g/mol. The maximum absolute atomic E-state index is 13.1. The molecule has 2 aromatic rings. The van der Waals surface area contributed by atoms with Crippen molar-refractivity contribution in [2.45, 2.75) is 25.8 Å². The Hall–Kier alpha value is -2.69. The molecule has 0 radical (unpaired) electrons. The molecule has 1 heterocycles. The third-order valence-electron chi connectivity index (χ3n) is 4.43. The molecule has 0 aliphatic carbocycles. The van der Waals surface area contributed by atoms with Crippen molar-refractivity contribution in [3.8, 4) is 5.75 Å². The van der Waals surface area contributed by atoms with Gasteiger partial charge in [-0.25, -0.2) is 4.39 Å². The summed E-state index contributed by atoms with van der Waals surface area (Å²) >= 11 is 0. The van der Waals surface area contributed by atoms with Gasteiger partial charge in [-0.15, -0.1) is 0 Å². The van der Waals surface area contributed by atoms with Crippen LogP contribution in [-0.2, 0) is 4.79 Å². The molecule has 3 rings (SSSR count). The summed E-state index contributed by atoms with van der Waals surface area (Å²) in [6, 6.07) is 13.0. The van der Waals surface area contributed by atoms with Crippen LogP contribution in [0.25, 0.3) is 0 Å². The second-order valence-corrected chi connectivity index (χ2v) is 6.17. The van der Waals surface area contributed by atoms with Gasteiger partial charge >= 0.3 is 0 Å². The van der Waals surface area contributed by atoms with Gasteiger partial charge in [0.2, 0.25) is 0 Å². The summed E-state index contributed by atoms with van der Waals surface area (Å²) in [6.07, 6.45) is 1.77. The molecule has 1 fully saturated rings. The van der Waals surface area contributed by atoms with Crippen LogP contribution in [0.2, 0.25) is 0 Å². The molecule has 0 aromatic heterocycles. The molecule has 2 aromatic carbocycles. The highest BCUT2D eigenvalue weighted by Gasteiger charge is 2.30. The molecule has 0 saturated carbocycles. The molecular formula is C20H20FNO3. The fraction of sp³-hybridized carbons (Fsp3) is 0.300. The number of ketones is 1. The topological polar surface area (TPSA) is 46.6 Å². The Morgan fingerprint density at radius 3 is 2.68 bits per heavy atom. The van der Waals surface area contributed by atoms with Crippen molar-refractivity contribution >= 4 is 11.7 Å². The van der Waals surface area contributed by atoms with E-state index in [1.807, 2.05) is 0 Å². The van der Waals surface area contributed by atoms with Crippen molar-refractivity contribution in [1.82, 2.24) is 4.90 Å². The zero-order valence-corrected chi connectivity index (χ0v) is 14.1. The number of hydrogen-bond acceptors (Lipinski definition) is 3. The minimum absolute atomic E-state index is 0.0414. The summed E-state index contributed by atoms with van der Waals surface area (Å²) < 4.78 is 18.7. The van der Waals surface area contributed by atoms with Gasteiger partial charge in [0.05, 0.1) is 6.04 Å². The van der Waals surface area contributed by atoms with Crippen molar-refractivity contribution in [3.05, 3.63) is 65.5 Å². The summed E-state index contributed by atoms with van der Waals surface area (Å²) in [6.45, 7) is 2.07. The first-order chi connectivity index (χ1) is 12.0. The minimum Gasteiger partial charge on any atom is -0.484 e. The highest BCUT2D eigenvalue weighted by Crippen LogP contribution is 2.32. The highest BCUT2D eigenvalue weighted by atomic mass is 19.1. The zero-order valence-electron chi connectivity index (χ0n) is 14.1. The largest absolute Gasteiger partial charge is 0.484 e. The molecule has 0 spiro atoms. The summed E-state index contributed by atoms with van der Waals surface area (Å²) in [5.41, 5.74) is 1.49. The fourth-order valence-electron chi connectivity index (χ4n) is 3.13. The second-order valence-electron chi connectivity index (χ2n) is 6.17. The molecule has 1 aliphatic heterocycles. The molecule has 1 unspecified atom stereocenters. The first-order valence-corrected chi connectivity index (χ1v) is 8.33. The van der Waals surface area contributed by atoms with Crippen LogP contribution in [0.1, 0.15) is 41.7 Å². The minimum atomic E-state index is -0.284. The monoisotopic (exact) mass is 341 g/mol. The number of benzene rings is 2. The van der Waals surface area contributed by atoms with Crippen LogP contribution < -0.4 is 4.74 Å². The average molecular weight is 341 g/mol. The van der Waals surface area contributed by atoms with E-state index >= 15 is 0 Å². The lowest BCUT2D eigenvalue weighted by molar-refractivity contribution is -0.134. The predicted octanol–water partition coefficient (Wildman–Crippen LogP) is 3.77. The van der Waals surface area contributed by atoms with Crippen molar-refractivity contribution in [2.24, 2.45) is 0 Å². The number of carbonyl (C=O) groups is 2. The quantitative estimate of drug-likeness (QED) is 0.778. The second kappa shape index (κ2) is 7.47. The number of nitrogens with zero attached hydrogens (tertiary/aromatic N) is 1. The number of likely N-dealkylation sites (tertiary alicyclic amines) is 1. The van der Waals surface area contributed by atoms with E-state index in [1.54, 1.807) is 41.3 Å². The third kappa shape index (κ3) is 4.05. The van der Waals surface area contributed by atoms with Crippen LogP contribution in [0.15, 0.2) is 48.5 Å². The molecule has 4 nitrogen and oxygen atoms in total. The highest BCUT2D eigenvalue weighted by molar-refractivity contribution is 5.94. The van der Waals surface area contributed by atoms with Crippen LogP contribution in [0.3, 0.4) is 0 Å². The van der Waals surface area contributed by atoms with E-state index < -0.39 is 0 Å². The van der Waals surface area contributed by atoms with Crippen LogP contribution in [0.4, 0.5) is 4.39 Å². The van der Waals surface area contributed by atoms with E-state index in [-0.39, 0.29) is 30.2 Å². The average Bonchev–Trinajstić information content (AvgIpc) is 3.10. The summed E-state index contributed by atoms with van der Waals surface area (Å²) in [7, 11) is 0. The Bertz CT molecular complexity index is 773. The van der Waals surface area contributed by atoms with Gasteiger partial charge in [0.25, 0.3) is 5.91 Å². The van der Waals surface area contributed by atoms with Crippen LogP contribution in [0.5, 0.6) is 5.75 Å². The molecule has 0 N–H and O–H groups in total. The predicted molar refractivity (Wildman–Crippen MR) is 92.0 cm³/mol. The Labute approximate surface area is 146 Å². The standard InChI is InChI=1S/C20H20FNO3/c1-14(23)16-4-2-5-18(12-16)25-13-20(24)22-11-3-6-19(22)15-7-9-17(21)10-8-15/h2,4-5,7-10,12,19H,3,6,11,13H2,1H3. The van der Waals surface area contributed by atoms with Gasteiger partial charge in [-0.2, -0.15) is 0 Å². The van der Waals surface area contributed by atoms with Crippen LogP contribution in [0, 0.1) is 5.82 Å². The van der Waals surface area contributed by atoms with Gasteiger partial charge in [-0.05, 0) is 49.6 Å². The van der Waals surface area contributed by atoms with Crippen molar-refractivity contribution in [1.29, 1.82) is 0 Å². The molecule has 1 aliphatic rings. The van der Waals surface area contributed by atoms with E-state index in [1.165, 1.54) is 19.1 Å². The number of halogens is 1. The molecule has 5 heteroatoms. The number of Topliss-reactive ketones (excluding diaryl/α,β-unsaturated/α-hetero) is 1. The first-order valence-electron chi connectivity index (χ1n) is 8.33. The van der Waals surface area contributed by atoms with Crippen molar-refractivity contribution < 1.29 is 18.7 Å². The molecule has 1 atom stereocenters.